The first-order valence-electron chi connectivity index (χ1n) is 6.69. The lowest BCUT2D eigenvalue weighted by Gasteiger charge is -2.43. The molecule has 0 amide bonds. The Morgan fingerprint density at radius 3 is 2.47 bits per heavy atom. The molecule has 4 heteroatoms. The van der Waals surface area contributed by atoms with Crippen molar-refractivity contribution in [3.05, 3.63) is 32.2 Å². The molecule has 0 saturated heterocycles. The van der Waals surface area contributed by atoms with E-state index in [0.29, 0.717) is 6.04 Å². The van der Waals surface area contributed by atoms with Gasteiger partial charge in [0.25, 0.3) is 0 Å². The maximum Gasteiger partial charge on any atom is 0.0697 e. The van der Waals surface area contributed by atoms with Crippen molar-refractivity contribution >= 4 is 31.9 Å². The number of aryl methyl sites for hydroxylation is 1. The molecule has 0 heterocycles. The average molecular weight is 391 g/mol. The number of benzene rings is 1. The zero-order valence-electron chi connectivity index (χ0n) is 11.7. The molecular formula is C15H21Br2NO. The van der Waals surface area contributed by atoms with E-state index < -0.39 is 0 Å². The zero-order chi connectivity index (χ0) is 14.0. The summed E-state index contributed by atoms with van der Waals surface area (Å²) in [5.74, 6) is 0. The molecule has 0 radical (unpaired) electrons. The van der Waals surface area contributed by atoms with Gasteiger partial charge in [0.2, 0.25) is 0 Å². The SMILES string of the molecule is CNC(CC1(OC)CCC1)c1cc(Br)c(C)cc1Br. The molecular weight excluding hydrogens is 370 g/mol. The van der Waals surface area contributed by atoms with E-state index in [0.717, 1.165) is 15.4 Å². The maximum absolute atomic E-state index is 5.75. The Bertz CT molecular complexity index is 452. The summed E-state index contributed by atoms with van der Waals surface area (Å²) in [7, 11) is 3.86. The third kappa shape index (κ3) is 3.23. The predicted octanol–water partition coefficient (Wildman–Crippen LogP) is 4.74. The first kappa shape index (κ1) is 15.5. The third-order valence-corrected chi connectivity index (χ3v) is 5.82. The van der Waals surface area contributed by atoms with Gasteiger partial charge in [-0.2, -0.15) is 0 Å². The lowest BCUT2D eigenvalue weighted by atomic mass is 9.74. The summed E-state index contributed by atoms with van der Waals surface area (Å²) in [4.78, 5) is 0. The number of nitrogens with one attached hydrogen (secondary N) is 1. The van der Waals surface area contributed by atoms with Crippen LogP contribution in [0.3, 0.4) is 0 Å². The lowest BCUT2D eigenvalue weighted by Crippen LogP contribution is -2.42. The fourth-order valence-electron chi connectivity index (χ4n) is 2.73. The van der Waals surface area contributed by atoms with Gasteiger partial charge in [0.05, 0.1) is 5.60 Å². The number of hydrogen-bond donors (Lipinski definition) is 1. The summed E-state index contributed by atoms with van der Waals surface area (Å²) in [6.45, 7) is 2.11. The van der Waals surface area contributed by atoms with Crippen LogP contribution in [0.25, 0.3) is 0 Å². The highest BCUT2D eigenvalue weighted by Crippen LogP contribution is 2.43. The Kier molecular flexibility index (Phi) is 5.09. The predicted molar refractivity (Wildman–Crippen MR) is 86.6 cm³/mol. The molecule has 106 valence electrons. The first-order chi connectivity index (χ1) is 9.01. The van der Waals surface area contributed by atoms with Gasteiger partial charge in [-0.1, -0.05) is 31.9 Å². The van der Waals surface area contributed by atoms with Gasteiger partial charge in [0, 0.05) is 22.1 Å². The molecule has 1 fully saturated rings. The highest BCUT2D eigenvalue weighted by molar-refractivity contribution is 9.11. The van der Waals surface area contributed by atoms with Gasteiger partial charge < -0.3 is 10.1 Å². The molecule has 1 saturated carbocycles. The number of rotatable bonds is 5. The van der Waals surface area contributed by atoms with Crippen LogP contribution in [0.4, 0.5) is 0 Å². The molecule has 0 spiro atoms. The van der Waals surface area contributed by atoms with Crippen LogP contribution in [0.2, 0.25) is 0 Å². The van der Waals surface area contributed by atoms with Crippen molar-refractivity contribution in [1.82, 2.24) is 5.32 Å². The monoisotopic (exact) mass is 389 g/mol. The van der Waals surface area contributed by atoms with Gasteiger partial charge >= 0.3 is 0 Å². The molecule has 2 nitrogen and oxygen atoms in total. The number of hydrogen-bond acceptors (Lipinski definition) is 2. The third-order valence-electron chi connectivity index (χ3n) is 4.28. The van der Waals surface area contributed by atoms with Gasteiger partial charge in [0.15, 0.2) is 0 Å². The van der Waals surface area contributed by atoms with E-state index in [1.54, 1.807) is 0 Å². The lowest BCUT2D eigenvalue weighted by molar-refractivity contribution is -0.0834. The van der Waals surface area contributed by atoms with Crippen LogP contribution in [0.5, 0.6) is 0 Å². The minimum Gasteiger partial charge on any atom is -0.378 e. The quantitative estimate of drug-likeness (QED) is 0.783. The van der Waals surface area contributed by atoms with Crippen molar-refractivity contribution in [3.63, 3.8) is 0 Å². The Hall–Kier alpha value is 0.1000. The molecule has 1 aromatic carbocycles. The van der Waals surface area contributed by atoms with Crippen LogP contribution in [0.1, 0.15) is 42.9 Å². The average Bonchev–Trinajstić information content (AvgIpc) is 2.34. The number of methoxy groups -OCH3 is 1. The molecule has 1 aliphatic rings. The summed E-state index contributed by atoms with van der Waals surface area (Å²) >= 11 is 7.32. The van der Waals surface area contributed by atoms with Crippen molar-refractivity contribution in [3.8, 4) is 0 Å². The molecule has 1 N–H and O–H groups in total. The van der Waals surface area contributed by atoms with Crippen LogP contribution in [0.15, 0.2) is 21.1 Å². The Morgan fingerprint density at radius 2 is 2.00 bits per heavy atom. The summed E-state index contributed by atoms with van der Waals surface area (Å²) in [5, 5.41) is 3.43. The molecule has 1 aliphatic carbocycles. The van der Waals surface area contributed by atoms with Gasteiger partial charge in [-0.05, 0) is 62.9 Å². The summed E-state index contributed by atoms with van der Waals surface area (Å²) in [6, 6.07) is 4.69. The fourth-order valence-corrected chi connectivity index (χ4v) is 3.83. The highest BCUT2D eigenvalue weighted by Gasteiger charge is 2.39. The fraction of sp³-hybridized carbons (Fsp3) is 0.600. The van der Waals surface area contributed by atoms with Crippen LogP contribution in [0, 0.1) is 6.92 Å². The number of halogens is 2. The standard InChI is InChI=1S/C15H21Br2NO/c1-10-7-13(17)11(8-12(10)16)14(18-2)9-15(19-3)5-4-6-15/h7-8,14,18H,4-6,9H2,1-3H3. The molecule has 0 aliphatic heterocycles. The zero-order valence-corrected chi connectivity index (χ0v) is 14.9. The van der Waals surface area contributed by atoms with E-state index in [9.17, 15) is 0 Å². The molecule has 1 aromatic rings. The minimum absolute atomic E-state index is 0.0739. The van der Waals surface area contributed by atoms with Gasteiger partial charge in [0.1, 0.15) is 0 Å². The summed E-state index contributed by atoms with van der Waals surface area (Å²) < 4.78 is 8.08. The van der Waals surface area contributed by atoms with Crippen molar-refractivity contribution < 1.29 is 4.74 Å². The molecule has 1 atom stereocenters. The Balaban J connectivity index is 2.24. The maximum atomic E-state index is 5.75. The molecule has 1 unspecified atom stereocenters. The van der Waals surface area contributed by atoms with E-state index in [1.165, 1.54) is 30.4 Å². The second kappa shape index (κ2) is 6.25. The van der Waals surface area contributed by atoms with Gasteiger partial charge in [-0.25, -0.2) is 0 Å². The largest absolute Gasteiger partial charge is 0.378 e. The van der Waals surface area contributed by atoms with E-state index >= 15 is 0 Å². The van der Waals surface area contributed by atoms with E-state index in [-0.39, 0.29) is 5.60 Å². The van der Waals surface area contributed by atoms with Crippen molar-refractivity contribution in [2.75, 3.05) is 14.2 Å². The molecule has 2 rings (SSSR count). The summed E-state index contributed by atoms with van der Waals surface area (Å²) in [5.41, 5.74) is 2.61. The van der Waals surface area contributed by atoms with Crippen LogP contribution >= 0.6 is 31.9 Å². The summed E-state index contributed by atoms with van der Waals surface area (Å²) in [6.07, 6.45) is 4.65. The minimum atomic E-state index is 0.0739. The highest BCUT2D eigenvalue weighted by atomic mass is 79.9. The van der Waals surface area contributed by atoms with Crippen molar-refractivity contribution in [1.29, 1.82) is 0 Å². The topological polar surface area (TPSA) is 21.3 Å². The van der Waals surface area contributed by atoms with E-state index in [4.69, 9.17) is 4.74 Å². The van der Waals surface area contributed by atoms with Crippen molar-refractivity contribution in [2.24, 2.45) is 0 Å². The molecule has 19 heavy (non-hydrogen) atoms. The van der Waals surface area contributed by atoms with E-state index in [1.807, 2.05) is 14.2 Å². The van der Waals surface area contributed by atoms with Crippen LogP contribution in [-0.4, -0.2) is 19.8 Å². The number of ether oxygens (including phenoxy) is 1. The van der Waals surface area contributed by atoms with Crippen molar-refractivity contribution in [2.45, 2.75) is 44.2 Å². The van der Waals surface area contributed by atoms with Crippen LogP contribution < -0.4 is 5.32 Å². The normalized spacial score (nSPS) is 19.0. The smallest absolute Gasteiger partial charge is 0.0697 e. The molecule has 0 aromatic heterocycles. The van der Waals surface area contributed by atoms with Gasteiger partial charge in [-0.3, -0.25) is 0 Å². The first-order valence-corrected chi connectivity index (χ1v) is 8.28. The van der Waals surface area contributed by atoms with Gasteiger partial charge in [-0.15, -0.1) is 0 Å². The second-order valence-electron chi connectivity index (χ2n) is 5.41. The molecule has 0 bridgehead atoms. The Morgan fingerprint density at radius 1 is 1.32 bits per heavy atom. The van der Waals surface area contributed by atoms with E-state index in [2.05, 4.69) is 56.2 Å². The Labute approximate surface area is 132 Å². The van der Waals surface area contributed by atoms with Crippen LogP contribution in [-0.2, 0) is 4.74 Å². The second-order valence-corrected chi connectivity index (χ2v) is 7.12.